The Kier molecular flexibility index (Phi) is 7.79. The molecule has 0 amide bonds. The van der Waals surface area contributed by atoms with Crippen LogP contribution in [0.2, 0.25) is 0 Å². The molecule has 0 aliphatic carbocycles. The van der Waals surface area contributed by atoms with Crippen LogP contribution in [-0.4, -0.2) is 33.6 Å². The lowest BCUT2D eigenvalue weighted by Crippen LogP contribution is -2.36. The van der Waals surface area contributed by atoms with Gasteiger partial charge in [-0.3, -0.25) is 0 Å². The Morgan fingerprint density at radius 3 is 1.32 bits per heavy atom. The minimum absolute atomic E-state index is 0.118. The van der Waals surface area contributed by atoms with Gasteiger partial charge in [0.2, 0.25) is 0 Å². The topological polar surface area (TPSA) is 80.9 Å². The number of rotatable bonds is 8. The van der Waals surface area contributed by atoms with E-state index >= 15 is 0 Å². The maximum atomic E-state index is 10.3. The van der Waals surface area contributed by atoms with Crippen molar-refractivity contribution in [3.8, 4) is 0 Å². The first-order chi connectivity index (χ1) is 8.91. The van der Waals surface area contributed by atoms with Gasteiger partial charge in [0.05, 0.1) is 13.2 Å². The highest BCUT2D eigenvalue weighted by molar-refractivity contribution is 5.28. The number of allylic oxidation sites excluding steroid dienone is 2. The van der Waals surface area contributed by atoms with Gasteiger partial charge in [0, 0.05) is 0 Å². The molecule has 0 aromatic rings. The monoisotopic (exact) mass is 272 g/mol. The Bertz CT molecular complexity index is 308. The summed E-state index contributed by atoms with van der Waals surface area (Å²) in [4.78, 5) is 0. The SMILES string of the molecule is CCCC(C)=C(O)C(CO)(CO)C(O)=C(C)CCC. The molecule has 4 nitrogen and oxygen atoms in total. The van der Waals surface area contributed by atoms with Crippen LogP contribution in [0.15, 0.2) is 22.7 Å². The summed E-state index contributed by atoms with van der Waals surface area (Å²) in [6.45, 7) is 6.41. The molecule has 0 bridgehead atoms. The third kappa shape index (κ3) is 3.98. The van der Waals surface area contributed by atoms with Crippen molar-refractivity contribution in [1.82, 2.24) is 0 Å². The summed E-state index contributed by atoms with van der Waals surface area (Å²) in [5, 5.41) is 39.8. The lowest BCUT2D eigenvalue weighted by Gasteiger charge is -2.31. The zero-order valence-corrected chi connectivity index (χ0v) is 12.5. The first-order valence-electron chi connectivity index (χ1n) is 6.91. The maximum Gasteiger partial charge on any atom is 0.130 e. The molecule has 0 radical (unpaired) electrons. The van der Waals surface area contributed by atoms with Crippen molar-refractivity contribution < 1.29 is 20.4 Å². The third-order valence-corrected chi connectivity index (χ3v) is 3.50. The van der Waals surface area contributed by atoms with Crippen molar-refractivity contribution in [2.75, 3.05) is 13.2 Å². The van der Waals surface area contributed by atoms with Crippen molar-refractivity contribution in [3.63, 3.8) is 0 Å². The molecule has 4 heteroatoms. The Morgan fingerprint density at radius 2 is 1.11 bits per heavy atom. The molecular formula is C15H28O4. The van der Waals surface area contributed by atoms with Crippen molar-refractivity contribution >= 4 is 0 Å². The molecule has 0 saturated carbocycles. The fourth-order valence-corrected chi connectivity index (χ4v) is 2.27. The van der Waals surface area contributed by atoms with E-state index in [1.165, 1.54) is 0 Å². The fourth-order valence-electron chi connectivity index (χ4n) is 2.27. The molecule has 0 aliphatic rings. The first kappa shape index (κ1) is 18.0. The van der Waals surface area contributed by atoms with Crippen molar-refractivity contribution in [2.45, 2.75) is 53.4 Å². The largest absolute Gasteiger partial charge is 0.511 e. The van der Waals surface area contributed by atoms with Crippen molar-refractivity contribution in [3.05, 3.63) is 22.7 Å². The van der Waals surface area contributed by atoms with E-state index < -0.39 is 18.6 Å². The normalized spacial score (nSPS) is 15.1. The number of aliphatic hydroxyl groups is 4. The van der Waals surface area contributed by atoms with Gasteiger partial charge in [0.25, 0.3) is 0 Å². The van der Waals surface area contributed by atoms with Crippen LogP contribution in [0.5, 0.6) is 0 Å². The van der Waals surface area contributed by atoms with E-state index in [1.807, 2.05) is 13.8 Å². The van der Waals surface area contributed by atoms with Crippen LogP contribution in [0.25, 0.3) is 0 Å². The Hall–Kier alpha value is -1.00. The average molecular weight is 272 g/mol. The molecular weight excluding hydrogens is 244 g/mol. The molecule has 0 rings (SSSR count). The van der Waals surface area contributed by atoms with Gasteiger partial charge in [0.1, 0.15) is 16.9 Å². The maximum absolute atomic E-state index is 10.3. The summed E-state index contributed by atoms with van der Waals surface area (Å²) >= 11 is 0. The van der Waals surface area contributed by atoms with Gasteiger partial charge in [-0.15, -0.1) is 0 Å². The minimum Gasteiger partial charge on any atom is -0.511 e. The fraction of sp³-hybridized carbons (Fsp3) is 0.733. The molecule has 0 aliphatic heterocycles. The second-order valence-corrected chi connectivity index (χ2v) is 5.16. The zero-order valence-electron chi connectivity index (χ0n) is 12.5. The molecule has 0 unspecified atom stereocenters. The summed E-state index contributed by atoms with van der Waals surface area (Å²) in [5.41, 5.74) is -0.110. The molecule has 0 aromatic heterocycles. The van der Waals surface area contributed by atoms with Crippen LogP contribution in [0.4, 0.5) is 0 Å². The van der Waals surface area contributed by atoms with Crippen molar-refractivity contribution in [1.29, 1.82) is 0 Å². The summed E-state index contributed by atoms with van der Waals surface area (Å²) in [6.07, 6.45) is 3.02. The predicted octanol–water partition coefficient (Wildman–Crippen LogP) is 3.22. The van der Waals surface area contributed by atoms with E-state index in [0.717, 1.165) is 12.8 Å². The van der Waals surface area contributed by atoms with E-state index in [2.05, 4.69) is 0 Å². The Balaban J connectivity index is 5.74. The molecule has 0 atom stereocenters. The first-order valence-corrected chi connectivity index (χ1v) is 6.91. The van der Waals surface area contributed by atoms with Gasteiger partial charge in [-0.05, 0) is 37.8 Å². The van der Waals surface area contributed by atoms with Gasteiger partial charge in [0.15, 0.2) is 0 Å². The van der Waals surface area contributed by atoms with Gasteiger partial charge >= 0.3 is 0 Å². The quantitative estimate of drug-likeness (QED) is 0.511. The van der Waals surface area contributed by atoms with Crippen molar-refractivity contribution in [2.24, 2.45) is 5.41 Å². The van der Waals surface area contributed by atoms with Gasteiger partial charge < -0.3 is 20.4 Å². The van der Waals surface area contributed by atoms with Gasteiger partial charge in [-0.25, -0.2) is 0 Å². The lowest BCUT2D eigenvalue weighted by molar-refractivity contribution is 0.0419. The van der Waals surface area contributed by atoms with Crippen LogP contribution in [0.1, 0.15) is 53.4 Å². The van der Waals surface area contributed by atoms with Crippen LogP contribution in [-0.2, 0) is 0 Å². The molecule has 0 aromatic carbocycles. The Labute approximate surface area is 116 Å². The molecule has 0 spiro atoms. The second kappa shape index (κ2) is 8.23. The summed E-state index contributed by atoms with van der Waals surface area (Å²) in [6, 6.07) is 0. The highest BCUT2D eigenvalue weighted by Gasteiger charge is 2.40. The van der Waals surface area contributed by atoms with E-state index in [0.29, 0.717) is 24.0 Å². The third-order valence-electron chi connectivity index (χ3n) is 3.50. The van der Waals surface area contributed by atoms with Crippen LogP contribution in [0.3, 0.4) is 0 Å². The number of hydrogen-bond acceptors (Lipinski definition) is 4. The number of hydrogen-bond donors (Lipinski definition) is 4. The highest BCUT2D eigenvalue weighted by atomic mass is 16.3. The summed E-state index contributed by atoms with van der Waals surface area (Å²) in [5.74, 6) is -0.236. The highest BCUT2D eigenvalue weighted by Crippen LogP contribution is 2.37. The van der Waals surface area contributed by atoms with Crippen LogP contribution < -0.4 is 0 Å². The van der Waals surface area contributed by atoms with E-state index in [9.17, 15) is 20.4 Å². The standard InChI is InChI=1S/C15H28O4/c1-5-7-11(3)13(18)15(9-16,10-17)14(19)12(4)8-6-2/h16-19H,5-10H2,1-4H3. The second-order valence-electron chi connectivity index (χ2n) is 5.16. The van der Waals surface area contributed by atoms with Gasteiger partial charge in [-0.2, -0.15) is 0 Å². The van der Waals surface area contributed by atoms with Crippen LogP contribution >= 0.6 is 0 Å². The lowest BCUT2D eigenvalue weighted by atomic mass is 9.80. The summed E-state index contributed by atoms with van der Waals surface area (Å²) < 4.78 is 0. The summed E-state index contributed by atoms with van der Waals surface area (Å²) in [7, 11) is 0. The smallest absolute Gasteiger partial charge is 0.130 e. The van der Waals surface area contributed by atoms with Crippen LogP contribution in [0, 0.1) is 5.41 Å². The minimum atomic E-state index is -1.47. The molecule has 112 valence electrons. The van der Waals surface area contributed by atoms with E-state index in [4.69, 9.17) is 0 Å². The van der Waals surface area contributed by atoms with Gasteiger partial charge in [-0.1, -0.05) is 26.7 Å². The predicted molar refractivity (Wildman–Crippen MR) is 77.1 cm³/mol. The molecule has 0 fully saturated rings. The van der Waals surface area contributed by atoms with E-state index in [1.54, 1.807) is 13.8 Å². The molecule has 0 heterocycles. The molecule has 4 N–H and O–H groups in total. The average Bonchev–Trinajstić information content (AvgIpc) is 2.40. The molecule has 19 heavy (non-hydrogen) atoms. The number of aliphatic hydroxyl groups excluding tert-OH is 4. The van der Waals surface area contributed by atoms with E-state index in [-0.39, 0.29) is 11.5 Å². The Morgan fingerprint density at radius 1 is 0.789 bits per heavy atom. The zero-order chi connectivity index (χ0) is 15.1. The molecule has 0 saturated heterocycles.